The maximum Gasteiger partial charge on any atom is 0.274 e. The van der Waals surface area contributed by atoms with Crippen molar-refractivity contribution in [2.45, 2.75) is 64.6 Å². The monoisotopic (exact) mass is 406 g/mol. The van der Waals surface area contributed by atoms with Crippen molar-refractivity contribution in [3.8, 4) is 0 Å². The normalized spacial score (nSPS) is 19.5. The molecule has 146 valence electrons. The molecule has 1 N–H and O–H groups in total. The SMILES string of the molecule is CCCn1nc(C(=O)N2CCCC2)c2c1CCC(NCc1ccc(Cl)s1)C2. The summed E-state index contributed by atoms with van der Waals surface area (Å²) in [5.41, 5.74) is 3.15. The first kappa shape index (κ1) is 19.0. The molecule has 1 unspecified atom stereocenters. The fourth-order valence-corrected chi connectivity index (χ4v) is 5.23. The minimum Gasteiger partial charge on any atom is -0.337 e. The predicted molar refractivity (Wildman–Crippen MR) is 110 cm³/mol. The molecular weight excluding hydrogens is 380 g/mol. The number of rotatable bonds is 6. The van der Waals surface area contributed by atoms with Crippen molar-refractivity contribution < 1.29 is 4.79 Å². The van der Waals surface area contributed by atoms with Gasteiger partial charge in [0.15, 0.2) is 5.69 Å². The number of carbonyl (C=O) groups excluding carboxylic acids is 1. The first-order valence-electron chi connectivity index (χ1n) is 10.0. The van der Waals surface area contributed by atoms with E-state index in [-0.39, 0.29) is 5.91 Å². The highest BCUT2D eigenvalue weighted by molar-refractivity contribution is 7.16. The number of amides is 1. The molecule has 0 radical (unpaired) electrons. The van der Waals surface area contributed by atoms with Crippen LogP contribution < -0.4 is 5.32 Å². The van der Waals surface area contributed by atoms with E-state index >= 15 is 0 Å². The summed E-state index contributed by atoms with van der Waals surface area (Å²) in [6.07, 6.45) is 6.20. The molecule has 0 bridgehead atoms. The van der Waals surface area contributed by atoms with E-state index in [0.717, 1.165) is 69.0 Å². The third-order valence-electron chi connectivity index (χ3n) is 5.57. The van der Waals surface area contributed by atoms with Crippen molar-refractivity contribution in [1.82, 2.24) is 20.0 Å². The van der Waals surface area contributed by atoms with Crippen molar-refractivity contribution in [2.24, 2.45) is 0 Å². The number of carbonyl (C=O) groups is 1. The van der Waals surface area contributed by atoms with Gasteiger partial charge in [-0.3, -0.25) is 9.48 Å². The third kappa shape index (κ3) is 4.08. The maximum absolute atomic E-state index is 13.0. The zero-order valence-corrected chi connectivity index (χ0v) is 17.4. The largest absolute Gasteiger partial charge is 0.337 e. The molecule has 1 amide bonds. The van der Waals surface area contributed by atoms with E-state index in [1.807, 2.05) is 11.0 Å². The van der Waals surface area contributed by atoms with Crippen LogP contribution >= 0.6 is 22.9 Å². The highest BCUT2D eigenvalue weighted by Gasteiger charge is 2.31. The van der Waals surface area contributed by atoms with Gasteiger partial charge in [-0.05, 0) is 50.7 Å². The molecular formula is C20H27ClN4OS. The van der Waals surface area contributed by atoms with Crippen molar-refractivity contribution in [3.63, 3.8) is 0 Å². The number of hydrogen-bond acceptors (Lipinski definition) is 4. The van der Waals surface area contributed by atoms with E-state index in [0.29, 0.717) is 11.7 Å². The number of likely N-dealkylation sites (tertiary alicyclic amines) is 1. The van der Waals surface area contributed by atoms with Crippen LogP contribution in [0.2, 0.25) is 4.34 Å². The fourth-order valence-electron chi connectivity index (χ4n) is 4.19. The van der Waals surface area contributed by atoms with Crippen LogP contribution in [0, 0.1) is 0 Å². The molecule has 3 heterocycles. The second kappa shape index (κ2) is 8.33. The fraction of sp³-hybridized carbons (Fsp3) is 0.600. The quantitative estimate of drug-likeness (QED) is 0.791. The standard InChI is InChI=1S/C20H27ClN4OS/c1-2-9-25-17-7-5-14(22-13-15-6-8-18(21)27-15)12-16(17)19(23-25)20(26)24-10-3-4-11-24/h6,8,14,22H,2-5,7,9-13H2,1H3. The smallest absolute Gasteiger partial charge is 0.274 e. The number of nitrogens with one attached hydrogen (secondary N) is 1. The summed E-state index contributed by atoms with van der Waals surface area (Å²) < 4.78 is 2.92. The molecule has 1 aliphatic heterocycles. The average Bonchev–Trinajstić information content (AvgIpc) is 3.40. The summed E-state index contributed by atoms with van der Waals surface area (Å²) in [6.45, 7) is 5.62. The Balaban J connectivity index is 1.52. The Kier molecular flexibility index (Phi) is 5.85. The Morgan fingerprint density at radius 2 is 2.19 bits per heavy atom. The Morgan fingerprint density at radius 1 is 1.37 bits per heavy atom. The molecule has 1 atom stereocenters. The highest BCUT2D eigenvalue weighted by Crippen LogP contribution is 2.28. The highest BCUT2D eigenvalue weighted by atomic mass is 35.5. The summed E-state index contributed by atoms with van der Waals surface area (Å²) in [5.74, 6) is 0.129. The van der Waals surface area contributed by atoms with Gasteiger partial charge in [-0.15, -0.1) is 11.3 Å². The number of fused-ring (bicyclic) bond motifs is 1. The van der Waals surface area contributed by atoms with Gasteiger partial charge in [0.2, 0.25) is 0 Å². The van der Waals surface area contributed by atoms with Crippen molar-refractivity contribution in [3.05, 3.63) is 38.3 Å². The minimum absolute atomic E-state index is 0.129. The molecule has 0 spiro atoms. The Labute approximate surface area is 169 Å². The van der Waals surface area contributed by atoms with Gasteiger partial charge in [-0.25, -0.2) is 0 Å². The van der Waals surface area contributed by atoms with E-state index in [9.17, 15) is 4.79 Å². The topological polar surface area (TPSA) is 50.2 Å². The Bertz CT molecular complexity index is 809. The second-order valence-corrected chi connectivity index (χ2v) is 9.32. The molecule has 7 heteroatoms. The number of thiophene rings is 1. The lowest BCUT2D eigenvalue weighted by atomic mass is 9.91. The van der Waals surface area contributed by atoms with Crippen LogP contribution in [0.25, 0.3) is 0 Å². The van der Waals surface area contributed by atoms with Crippen molar-refractivity contribution >= 4 is 28.8 Å². The van der Waals surface area contributed by atoms with E-state index in [1.165, 1.54) is 16.1 Å². The van der Waals surface area contributed by atoms with Crippen molar-refractivity contribution in [1.29, 1.82) is 0 Å². The number of nitrogens with zero attached hydrogens (tertiary/aromatic N) is 3. The van der Waals surface area contributed by atoms with Crippen LogP contribution in [0.3, 0.4) is 0 Å². The van der Waals surface area contributed by atoms with Gasteiger partial charge in [0, 0.05) is 48.4 Å². The molecule has 2 aromatic heterocycles. The molecule has 2 aliphatic rings. The molecule has 5 nitrogen and oxygen atoms in total. The molecule has 27 heavy (non-hydrogen) atoms. The zero-order valence-electron chi connectivity index (χ0n) is 15.8. The van der Waals surface area contributed by atoms with E-state index in [2.05, 4.69) is 23.0 Å². The van der Waals surface area contributed by atoms with Gasteiger partial charge < -0.3 is 10.2 Å². The summed E-state index contributed by atoms with van der Waals surface area (Å²) >= 11 is 7.66. The molecule has 1 aliphatic carbocycles. The summed E-state index contributed by atoms with van der Waals surface area (Å²) in [4.78, 5) is 16.3. The van der Waals surface area contributed by atoms with Crippen LogP contribution in [-0.4, -0.2) is 39.7 Å². The van der Waals surface area contributed by atoms with Gasteiger partial charge in [-0.2, -0.15) is 5.10 Å². The van der Waals surface area contributed by atoms with E-state index < -0.39 is 0 Å². The lowest BCUT2D eigenvalue weighted by Crippen LogP contribution is -2.35. The van der Waals surface area contributed by atoms with Crippen LogP contribution in [0.4, 0.5) is 0 Å². The maximum atomic E-state index is 13.0. The number of halogens is 1. The van der Waals surface area contributed by atoms with Crippen LogP contribution in [0.15, 0.2) is 12.1 Å². The number of aryl methyl sites for hydroxylation is 1. The zero-order chi connectivity index (χ0) is 18.8. The Morgan fingerprint density at radius 3 is 2.89 bits per heavy atom. The lowest BCUT2D eigenvalue weighted by molar-refractivity contribution is 0.0784. The van der Waals surface area contributed by atoms with E-state index in [4.69, 9.17) is 16.7 Å². The molecule has 0 aromatic carbocycles. The molecule has 2 aromatic rings. The molecule has 1 saturated heterocycles. The Hall–Kier alpha value is -1.37. The lowest BCUT2D eigenvalue weighted by Gasteiger charge is -2.25. The molecule has 4 rings (SSSR count). The second-order valence-electron chi connectivity index (χ2n) is 7.52. The van der Waals surface area contributed by atoms with Gasteiger partial charge in [-0.1, -0.05) is 18.5 Å². The summed E-state index contributed by atoms with van der Waals surface area (Å²) in [7, 11) is 0. The van der Waals surface area contributed by atoms with Crippen LogP contribution in [-0.2, 0) is 25.9 Å². The summed E-state index contributed by atoms with van der Waals surface area (Å²) in [6, 6.07) is 4.41. The van der Waals surface area contributed by atoms with Crippen molar-refractivity contribution in [2.75, 3.05) is 13.1 Å². The predicted octanol–water partition coefficient (Wildman–Crippen LogP) is 3.89. The van der Waals surface area contributed by atoms with Crippen LogP contribution in [0.5, 0.6) is 0 Å². The molecule has 0 saturated carbocycles. The van der Waals surface area contributed by atoms with Crippen LogP contribution in [0.1, 0.15) is 59.2 Å². The third-order valence-corrected chi connectivity index (χ3v) is 6.80. The van der Waals surface area contributed by atoms with Gasteiger partial charge >= 0.3 is 0 Å². The van der Waals surface area contributed by atoms with Gasteiger partial charge in [0.1, 0.15) is 0 Å². The molecule has 1 fully saturated rings. The average molecular weight is 407 g/mol. The minimum atomic E-state index is 0.129. The van der Waals surface area contributed by atoms with E-state index in [1.54, 1.807) is 11.3 Å². The number of hydrogen-bond donors (Lipinski definition) is 1. The summed E-state index contributed by atoms with van der Waals surface area (Å²) in [5, 5.41) is 8.42. The van der Waals surface area contributed by atoms with Gasteiger partial charge in [0.05, 0.1) is 4.34 Å². The first-order chi connectivity index (χ1) is 13.2. The first-order valence-corrected chi connectivity index (χ1v) is 11.2. The number of aromatic nitrogens is 2. The van der Waals surface area contributed by atoms with Gasteiger partial charge in [0.25, 0.3) is 5.91 Å².